The van der Waals surface area contributed by atoms with Crippen molar-refractivity contribution < 1.29 is 0 Å². The summed E-state index contributed by atoms with van der Waals surface area (Å²) in [6, 6.07) is 51.8. The van der Waals surface area contributed by atoms with E-state index in [-0.39, 0.29) is 0 Å². The molecule has 0 fully saturated rings. The molecule has 0 radical (unpaired) electrons. The molecule has 47 heavy (non-hydrogen) atoms. The lowest BCUT2D eigenvalue weighted by Crippen LogP contribution is -1.97. The average molecular weight is 600 g/mol. The van der Waals surface area contributed by atoms with E-state index >= 15 is 0 Å². The summed E-state index contributed by atoms with van der Waals surface area (Å²) in [5.74, 6) is 0.703. The minimum absolute atomic E-state index is 0.703. The molecular formula is C44H29N3. The molecule has 3 nitrogen and oxygen atoms in total. The van der Waals surface area contributed by atoms with E-state index in [0.29, 0.717) is 5.82 Å². The fourth-order valence-electron chi connectivity index (χ4n) is 6.90. The first-order valence-electron chi connectivity index (χ1n) is 15.9. The first-order valence-corrected chi connectivity index (χ1v) is 15.9. The van der Waals surface area contributed by atoms with Crippen molar-refractivity contribution in [2.75, 3.05) is 0 Å². The Morgan fingerprint density at radius 3 is 1.91 bits per heavy atom. The second kappa shape index (κ2) is 11.0. The molecule has 3 heteroatoms. The van der Waals surface area contributed by atoms with Crippen LogP contribution in [-0.2, 0) is 0 Å². The van der Waals surface area contributed by atoms with Crippen LogP contribution in [0.25, 0.3) is 88.5 Å². The number of aryl methyl sites for hydroxylation is 1. The number of pyridine rings is 1. The van der Waals surface area contributed by atoms with Gasteiger partial charge in [0.25, 0.3) is 0 Å². The van der Waals surface area contributed by atoms with Gasteiger partial charge >= 0.3 is 0 Å². The van der Waals surface area contributed by atoms with Crippen LogP contribution in [0, 0.1) is 6.92 Å². The number of rotatable bonds is 5. The Kier molecular flexibility index (Phi) is 6.36. The number of nitrogens with zero attached hydrogens (tertiary/aromatic N) is 3. The Morgan fingerprint density at radius 2 is 1.11 bits per heavy atom. The van der Waals surface area contributed by atoms with Gasteiger partial charge in [-0.15, -0.1) is 0 Å². The fourth-order valence-corrected chi connectivity index (χ4v) is 6.90. The number of aromatic nitrogens is 3. The van der Waals surface area contributed by atoms with E-state index in [1.54, 1.807) is 6.20 Å². The Balaban J connectivity index is 1.16. The van der Waals surface area contributed by atoms with Gasteiger partial charge in [0.05, 0.1) is 11.4 Å². The molecule has 0 aliphatic rings. The number of hydrogen-bond donors (Lipinski definition) is 0. The van der Waals surface area contributed by atoms with Crippen molar-refractivity contribution in [3.8, 4) is 56.2 Å². The molecule has 0 unspecified atom stereocenters. The molecule has 0 aliphatic carbocycles. The first-order chi connectivity index (χ1) is 23.2. The van der Waals surface area contributed by atoms with Gasteiger partial charge in [-0.3, -0.25) is 4.98 Å². The monoisotopic (exact) mass is 599 g/mol. The highest BCUT2D eigenvalue weighted by atomic mass is 14.9. The quantitative estimate of drug-likeness (QED) is 0.185. The summed E-state index contributed by atoms with van der Waals surface area (Å²) >= 11 is 0. The predicted octanol–water partition coefficient (Wildman–Crippen LogP) is 11.4. The van der Waals surface area contributed by atoms with Crippen molar-refractivity contribution in [1.29, 1.82) is 0 Å². The maximum atomic E-state index is 5.14. The largest absolute Gasteiger partial charge is 0.264 e. The van der Waals surface area contributed by atoms with Gasteiger partial charge in [-0.2, -0.15) is 0 Å². The van der Waals surface area contributed by atoms with Gasteiger partial charge in [0.15, 0.2) is 5.82 Å². The predicted molar refractivity (Wildman–Crippen MR) is 195 cm³/mol. The van der Waals surface area contributed by atoms with Crippen molar-refractivity contribution in [2.45, 2.75) is 6.92 Å². The van der Waals surface area contributed by atoms with Gasteiger partial charge < -0.3 is 0 Å². The van der Waals surface area contributed by atoms with Crippen LogP contribution < -0.4 is 0 Å². The van der Waals surface area contributed by atoms with Crippen molar-refractivity contribution in [1.82, 2.24) is 15.0 Å². The van der Waals surface area contributed by atoms with E-state index in [0.717, 1.165) is 39.2 Å². The molecular weight excluding hydrogens is 571 g/mol. The summed E-state index contributed by atoms with van der Waals surface area (Å²) in [7, 11) is 0. The molecule has 220 valence electrons. The van der Waals surface area contributed by atoms with E-state index in [4.69, 9.17) is 9.97 Å². The second-order valence-electron chi connectivity index (χ2n) is 12.1. The third-order valence-electron chi connectivity index (χ3n) is 9.28. The van der Waals surface area contributed by atoms with Crippen molar-refractivity contribution in [3.05, 3.63) is 164 Å². The van der Waals surface area contributed by atoms with Crippen LogP contribution in [0.15, 0.2) is 158 Å². The molecule has 0 bridgehead atoms. The van der Waals surface area contributed by atoms with Crippen LogP contribution in [0.1, 0.15) is 5.56 Å². The van der Waals surface area contributed by atoms with Crippen LogP contribution in [0.5, 0.6) is 0 Å². The standard InChI is InChI=1S/C44H29N3/c1-28-7-2-3-13-37(28)41-26-40(35-11-5-10-34(25-35)36-12-6-24-45-27-36)46-44(47-41)33-18-14-29(15-19-33)38-22-20-32-17-16-30-8-4-9-31-21-23-39(38)43(32)42(30)31/h2-27H,1H3. The SMILES string of the molecule is Cc1ccccc1-c1cc(-c2cccc(-c3cccnc3)c2)nc(-c2ccc(-c3ccc4ccc5cccc6ccc3c4c56)cc2)n1. The molecule has 0 amide bonds. The first kappa shape index (κ1) is 27.1. The highest BCUT2D eigenvalue weighted by Gasteiger charge is 2.15. The Morgan fingerprint density at radius 1 is 0.426 bits per heavy atom. The second-order valence-corrected chi connectivity index (χ2v) is 12.1. The Bertz CT molecular complexity index is 2550. The zero-order valence-corrected chi connectivity index (χ0v) is 25.9. The highest BCUT2D eigenvalue weighted by molar-refractivity contribution is 6.25. The zero-order chi connectivity index (χ0) is 31.3. The molecule has 9 aromatic rings. The molecule has 9 rings (SSSR count). The molecule has 0 saturated heterocycles. The molecule has 0 spiro atoms. The third kappa shape index (κ3) is 4.72. The fraction of sp³-hybridized carbons (Fsp3) is 0.0227. The van der Waals surface area contributed by atoms with Gasteiger partial charge in [-0.25, -0.2) is 9.97 Å². The van der Waals surface area contributed by atoms with Crippen molar-refractivity contribution in [2.24, 2.45) is 0 Å². The van der Waals surface area contributed by atoms with E-state index in [2.05, 4.69) is 151 Å². The van der Waals surface area contributed by atoms with Gasteiger partial charge in [0.2, 0.25) is 0 Å². The maximum Gasteiger partial charge on any atom is 0.160 e. The van der Waals surface area contributed by atoms with Gasteiger partial charge in [-0.05, 0) is 79.7 Å². The topological polar surface area (TPSA) is 38.7 Å². The van der Waals surface area contributed by atoms with E-state index in [9.17, 15) is 0 Å². The van der Waals surface area contributed by atoms with Crippen LogP contribution in [0.2, 0.25) is 0 Å². The van der Waals surface area contributed by atoms with Gasteiger partial charge in [0, 0.05) is 34.6 Å². The zero-order valence-electron chi connectivity index (χ0n) is 25.9. The maximum absolute atomic E-state index is 5.14. The summed E-state index contributed by atoms with van der Waals surface area (Å²) in [6.45, 7) is 2.13. The Labute approximate surface area is 273 Å². The van der Waals surface area contributed by atoms with E-state index in [1.807, 2.05) is 12.3 Å². The van der Waals surface area contributed by atoms with Crippen LogP contribution >= 0.6 is 0 Å². The normalized spacial score (nSPS) is 11.5. The summed E-state index contributed by atoms with van der Waals surface area (Å²) in [5.41, 5.74) is 10.7. The third-order valence-corrected chi connectivity index (χ3v) is 9.28. The summed E-state index contributed by atoms with van der Waals surface area (Å²) in [6.07, 6.45) is 3.69. The summed E-state index contributed by atoms with van der Waals surface area (Å²) < 4.78 is 0. The smallest absolute Gasteiger partial charge is 0.160 e. The minimum Gasteiger partial charge on any atom is -0.264 e. The molecule has 2 aromatic heterocycles. The summed E-state index contributed by atoms with van der Waals surface area (Å²) in [4.78, 5) is 14.6. The molecule has 7 aromatic carbocycles. The average Bonchev–Trinajstić information content (AvgIpc) is 3.14. The molecule has 2 heterocycles. The van der Waals surface area contributed by atoms with Crippen LogP contribution in [-0.4, -0.2) is 15.0 Å². The van der Waals surface area contributed by atoms with E-state index < -0.39 is 0 Å². The van der Waals surface area contributed by atoms with Gasteiger partial charge in [-0.1, -0.05) is 127 Å². The minimum atomic E-state index is 0.703. The molecule has 0 aliphatic heterocycles. The lowest BCUT2D eigenvalue weighted by molar-refractivity contribution is 1.18. The van der Waals surface area contributed by atoms with Crippen molar-refractivity contribution >= 4 is 32.3 Å². The lowest BCUT2D eigenvalue weighted by atomic mass is 9.90. The lowest BCUT2D eigenvalue weighted by Gasteiger charge is -2.14. The number of hydrogen-bond acceptors (Lipinski definition) is 3. The molecule has 0 atom stereocenters. The summed E-state index contributed by atoms with van der Waals surface area (Å²) in [5, 5.41) is 7.76. The molecule has 0 N–H and O–H groups in total. The van der Waals surface area contributed by atoms with Gasteiger partial charge in [0.1, 0.15) is 0 Å². The van der Waals surface area contributed by atoms with Crippen LogP contribution in [0.3, 0.4) is 0 Å². The molecule has 0 saturated carbocycles. The highest BCUT2D eigenvalue weighted by Crippen LogP contribution is 2.40. The van der Waals surface area contributed by atoms with Crippen molar-refractivity contribution in [3.63, 3.8) is 0 Å². The van der Waals surface area contributed by atoms with E-state index in [1.165, 1.54) is 49.0 Å². The number of benzene rings is 7. The van der Waals surface area contributed by atoms with Crippen LogP contribution in [0.4, 0.5) is 0 Å². The Hall–Kier alpha value is -6.19.